The van der Waals surface area contributed by atoms with Gasteiger partial charge in [-0.25, -0.2) is 4.99 Å². The number of aliphatic imine (C=N–C) groups is 1. The van der Waals surface area contributed by atoms with Crippen molar-refractivity contribution in [2.45, 2.75) is 0 Å². The lowest BCUT2D eigenvalue weighted by molar-refractivity contribution is 0.629. The average molecular weight is 192 g/mol. The summed E-state index contributed by atoms with van der Waals surface area (Å²) < 4.78 is 1.10. The molecular weight excluding hydrogens is 184 g/mol. The Morgan fingerprint density at radius 3 is 2.50 bits per heavy atom. The topological polar surface area (TPSA) is 15.6 Å². The highest BCUT2D eigenvalue weighted by Crippen LogP contribution is 2.32. The molecule has 1 aliphatic rings. The third-order valence-electron chi connectivity index (χ3n) is 0.934. The second-order valence-electron chi connectivity index (χ2n) is 1.96. The van der Waals surface area contributed by atoms with Gasteiger partial charge in [-0.3, -0.25) is 0 Å². The molecule has 1 heterocycles. The summed E-state index contributed by atoms with van der Waals surface area (Å²) in [7, 11) is 3.81. The van der Waals surface area contributed by atoms with Crippen LogP contribution >= 0.6 is 35.7 Å². The molecule has 1 fully saturated rings. The number of hydrogen-bond acceptors (Lipinski definition) is 3. The van der Waals surface area contributed by atoms with E-state index in [0.717, 1.165) is 9.46 Å². The molecule has 5 heteroatoms. The highest BCUT2D eigenvalue weighted by atomic mass is 32.3. The smallest absolute Gasteiger partial charge is 0.196 e. The molecule has 10 heavy (non-hydrogen) atoms. The first-order chi connectivity index (χ1) is 4.70. The lowest BCUT2D eigenvalue weighted by Crippen LogP contribution is -2.19. The summed E-state index contributed by atoms with van der Waals surface area (Å²) in [5.74, 6) is 0. The first kappa shape index (κ1) is 8.36. The summed E-state index contributed by atoms with van der Waals surface area (Å²) in [6, 6.07) is 0. The standard InChI is InChI=1S/C5H8N2S3/c1-7(2)4(8)6-5-9-3-10-5/h3H2,1-2H3. The van der Waals surface area contributed by atoms with Crippen LogP contribution in [0.5, 0.6) is 0 Å². The lowest BCUT2D eigenvalue weighted by Gasteiger charge is -2.15. The van der Waals surface area contributed by atoms with Crippen molar-refractivity contribution in [1.82, 2.24) is 4.90 Å². The van der Waals surface area contributed by atoms with Crippen molar-refractivity contribution < 1.29 is 0 Å². The Bertz CT molecular complexity index is 170. The Labute approximate surface area is 74.5 Å². The number of thioether (sulfide) groups is 2. The van der Waals surface area contributed by atoms with Gasteiger partial charge in [0.15, 0.2) is 5.11 Å². The molecule has 0 spiro atoms. The minimum absolute atomic E-state index is 0.662. The number of nitrogens with zero attached hydrogens (tertiary/aromatic N) is 2. The molecule has 0 radical (unpaired) electrons. The molecule has 1 aliphatic heterocycles. The molecular formula is C5H8N2S3. The van der Waals surface area contributed by atoms with Crippen molar-refractivity contribution in [2.75, 3.05) is 19.2 Å². The van der Waals surface area contributed by atoms with E-state index in [1.165, 1.54) is 0 Å². The Morgan fingerprint density at radius 2 is 2.20 bits per heavy atom. The van der Waals surface area contributed by atoms with Gasteiger partial charge in [0.05, 0.1) is 5.08 Å². The molecule has 2 nitrogen and oxygen atoms in total. The van der Waals surface area contributed by atoms with Gasteiger partial charge in [-0.2, -0.15) is 0 Å². The zero-order valence-corrected chi connectivity index (χ0v) is 8.28. The van der Waals surface area contributed by atoms with Gasteiger partial charge in [-0.1, -0.05) is 23.5 Å². The van der Waals surface area contributed by atoms with Gasteiger partial charge < -0.3 is 4.90 Å². The van der Waals surface area contributed by atoms with Crippen LogP contribution in [0.15, 0.2) is 4.99 Å². The molecule has 0 saturated carbocycles. The van der Waals surface area contributed by atoms with Crippen LogP contribution in [0.2, 0.25) is 0 Å². The van der Waals surface area contributed by atoms with E-state index < -0.39 is 0 Å². The Balaban J connectivity index is 2.43. The maximum absolute atomic E-state index is 4.97. The molecule has 0 N–H and O–H groups in total. The van der Waals surface area contributed by atoms with E-state index in [-0.39, 0.29) is 0 Å². The highest BCUT2D eigenvalue weighted by molar-refractivity contribution is 8.52. The van der Waals surface area contributed by atoms with E-state index in [9.17, 15) is 0 Å². The van der Waals surface area contributed by atoms with E-state index in [1.54, 1.807) is 23.5 Å². The number of thiocarbonyl (C=S) groups is 1. The quantitative estimate of drug-likeness (QED) is 0.542. The van der Waals surface area contributed by atoms with Crippen molar-refractivity contribution in [3.63, 3.8) is 0 Å². The summed E-state index contributed by atoms with van der Waals surface area (Å²) in [6.07, 6.45) is 0. The van der Waals surface area contributed by atoms with Gasteiger partial charge in [-0.15, -0.1) is 0 Å². The molecule has 56 valence electrons. The second-order valence-corrected chi connectivity index (χ2v) is 4.88. The number of rotatable bonds is 0. The second kappa shape index (κ2) is 3.59. The lowest BCUT2D eigenvalue weighted by atomic mass is 10.9. The maximum Gasteiger partial charge on any atom is 0.196 e. The maximum atomic E-state index is 4.97. The Hall–Kier alpha value is 0.260. The first-order valence-electron chi connectivity index (χ1n) is 2.75. The molecule has 0 unspecified atom stereocenters. The van der Waals surface area contributed by atoms with Crippen molar-refractivity contribution in [3.8, 4) is 0 Å². The first-order valence-corrected chi connectivity index (χ1v) is 5.13. The largest absolute Gasteiger partial charge is 0.354 e. The van der Waals surface area contributed by atoms with Crippen molar-refractivity contribution in [1.29, 1.82) is 0 Å². The predicted molar refractivity (Wildman–Crippen MR) is 53.8 cm³/mol. The van der Waals surface area contributed by atoms with E-state index >= 15 is 0 Å². The van der Waals surface area contributed by atoms with Gasteiger partial charge in [0.25, 0.3) is 0 Å². The fourth-order valence-electron chi connectivity index (χ4n) is 0.354. The molecule has 0 aliphatic carbocycles. The van der Waals surface area contributed by atoms with Crippen LogP contribution in [0.3, 0.4) is 0 Å². The minimum Gasteiger partial charge on any atom is -0.354 e. The highest BCUT2D eigenvalue weighted by Gasteiger charge is 2.12. The summed E-state index contributed by atoms with van der Waals surface area (Å²) in [5, 5.41) is 1.78. The van der Waals surface area contributed by atoms with Crippen molar-refractivity contribution in [3.05, 3.63) is 0 Å². The fourth-order valence-corrected chi connectivity index (χ4v) is 1.76. The van der Waals surface area contributed by atoms with Crippen molar-refractivity contribution >= 4 is 45.2 Å². The third kappa shape index (κ3) is 2.14. The summed E-state index contributed by atoms with van der Waals surface area (Å²) in [5.41, 5.74) is 0. The minimum atomic E-state index is 0.662. The van der Waals surface area contributed by atoms with Crippen LogP contribution < -0.4 is 0 Å². The molecule has 0 aromatic rings. The van der Waals surface area contributed by atoms with E-state index in [1.807, 2.05) is 19.0 Å². The molecule has 0 aromatic carbocycles. The van der Waals surface area contributed by atoms with Crippen LogP contribution in [0.25, 0.3) is 0 Å². The summed E-state index contributed by atoms with van der Waals surface area (Å²) >= 11 is 8.47. The average Bonchev–Trinajstić information content (AvgIpc) is 1.77. The normalized spacial score (nSPS) is 16.0. The van der Waals surface area contributed by atoms with Gasteiger partial charge in [0.1, 0.15) is 4.38 Å². The van der Waals surface area contributed by atoms with E-state index in [0.29, 0.717) is 5.11 Å². The van der Waals surface area contributed by atoms with Gasteiger partial charge in [-0.05, 0) is 12.2 Å². The molecule has 0 bridgehead atoms. The van der Waals surface area contributed by atoms with Crippen LogP contribution in [0.1, 0.15) is 0 Å². The SMILES string of the molecule is CN(C)C(=S)N=C1SCS1. The van der Waals surface area contributed by atoms with Crippen LogP contribution in [-0.2, 0) is 0 Å². The third-order valence-corrected chi connectivity index (χ3v) is 3.72. The Morgan fingerprint density at radius 1 is 1.60 bits per heavy atom. The Kier molecular flexibility index (Phi) is 3.00. The molecule has 1 rings (SSSR count). The van der Waals surface area contributed by atoms with Gasteiger partial charge in [0.2, 0.25) is 0 Å². The van der Waals surface area contributed by atoms with Gasteiger partial charge >= 0.3 is 0 Å². The molecule has 0 atom stereocenters. The van der Waals surface area contributed by atoms with E-state index in [4.69, 9.17) is 12.2 Å². The zero-order chi connectivity index (χ0) is 7.56. The van der Waals surface area contributed by atoms with Crippen LogP contribution in [0.4, 0.5) is 0 Å². The van der Waals surface area contributed by atoms with Crippen molar-refractivity contribution in [2.24, 2.45) is 4.99 Å². The molecule has 0 aromatic heterocycles. The molecule has 1 saturated heterocycles. The van der Waals surface area contributed by atoms with Crippen LogP contribution in [-0.4, -0.2) is 33.6 Å². The number of hydrogen-bond donors (Lipinski definition) is 0. The monoisotopic (exact) mass is 192 g/mol. The molecule has 0 amide bonds. The fraction of sp³-hybridized carbons (Fsp3) is 0.600. The van der Waals surface area contributed by atoms with Gasteiger partial charge in [0, 0.05) is 14.1 Å². The van der Waals surface area contributed by atoms with E-state index in [2.05, 4.69) is 4.99 Å². The summed E-state index contributed by atoms with van der Waals surface area (Å²) in [6.45, 7) is 0. The predicted octanol–water partition coefficient (Wildman–Crippen LogP) is 1.63. The zero-order valence-electron chi connectivity index (χ0n) is 5.83. The van der Waals surface area contributed by atoms with Crippen LogP contribution in [0, 0.1) is 0 Å². The summed E-state index contributed by atoms with van der Waals surface area (Å²) in [4.78, 5) is 6.02.